The molecule has 2 rings (SSSR count). The molecule has 0 radical (unpaired) electrons. The van der Waals surface area contributed by atoms with E-state index in [4.69, 9.17) is 17.3 Å². The Bertz CT molecular complexity index is 402. The van der Waals surface area contributed by atoms with Crippen LogP contribution in [-0.4, -0.2) is 17.8 Å². The van der Waals surface area contributed by atoms with Gasteiger partial charge in [-0.1, -0.05) is 61.9 Å². The summed E-state index contributed by atoms with van der Waals surface area (Å²) >= 11 is 6.27. The van der Waals surface area contributed by atoms with Gasteiger partial charge in [0.25, 0.3) is 0 Å². The Morgan fingerprint density at radius 1 is 1.10 bits per heavy atom. The minimum absolute atomic E-state index is 0.0480. The van der Waals surface area contributed by atoms with Gasteiger partial charge in [-0.3, -0.25) is 0 Å². The summed E-state index contributed by atoms with van der Waals surface area (Å²) in [5, 5.41) is 11.5. The molecule has 0 bridgehead atoms. The second-order valence-corrected chi connectivity index (χ2v) is 6.37. The molecular weight excluding hydrogens is 270 g/mol. The third-order valence-corrected chi connectivity index (χ3v) is 4.95. The Hall–Kier alpha value is -0.570. The first-order chi connectivity index (χ1) is 9.74. The minimum atomic E-state index is -0.377. The van der Waals surface area contributed by atoms with E-state index in [9.17, 15) is 5.11 Å². The first-order valence-electron chi connectivity index (χ1n) is 7.86. The lowest BCUT2D eigenvalue weighted by atomic mass is 9.79. The number of rotatable bonds is 4. The van der Waals surface area contributed by atoms with Crippen molar-refractivity contribution in [1.29, 1.82) is 0 Å². The Balaban J connectivity index is 2.11. The third kappa shape index (κ3) is 3.97. The maximum Gasteiger partial charge on any atom is 0.0649 e. The molecule has 1 aliphatic carbocycles. The van der Waals surface area contributed by atoms with Crippen molar-refractivity contribution in [2.24, 2.45) is 11.7 Å². The van der Waals surface area contributed by atoms with Gasteiger partial charge in [-0.15, -0.1) is 0 Å². The number of halogens is 1. The average molecular weight is 296 g/mol. The van der Waals surface area contributed by atoms with E-state index in [1.807, 2.05) is 24.3 Å². The van der Waals surface area contributed by atoms with Gasteiger partial charge in [0.05, 0.1) is 6.10 Å². The van der Waals surface area contributed by atoms with E-state index < -0.39 is 0 Å². The lowest BCUT2D eigenvalue weighted by molar-refractivity contribution is 0.0680. The van der Waals surface area contributed by atoms with E-state index in [0.717, 1.165) is 18.4 Å². The first-order valence-corrected chi connectivity index (χ1v) is 8.24. The van der Waals surface area contributed by atoms with Crippen molar-refractivity contribution >= 4 is 11.6 Å². The highest BCUT2D eigenvalue weighted by Crippen LogP contribution is 2.34. The van der Waals surface area contributed by atoms with Crippen LogP contribution in [0.4, 0.5) is 0 Å². The number of hydrogen-bond acceptors (Lipinski definition) is 2. The van der Waals surface area contributed by atoms with Crippen LogP contribution in [0.2, 0.25) is 5.02 Å². The molecule has 1 saturated carbocycles. The summed E-state index contributed by atoms with van der Waals surface area (Å²) < 4.78 is 0. The molecule has 1 fully saturated rings. The van der Waals surface area contributed by atoms with Gasteiger partial charge in [-0.2, -0.15) is 0 Å². The molecule has 2 atom stereocenters. The van der Waals surface area contributed by atoms with Crippen LogP contribution in [-0.2, 0) is 0 Å². The number of hydrogen-bond donors (Lipinski definition) is 2. The first kappa shape index (κ1) is 15.8. The second kappa shape index (κ2) is 8.02. The Morgan fingerprint density at radius 2 is 1.70 bits per heavy atom. The van der Waals surface area contributed by atoms with Crippen LogP contribution in [0.5, 0.6) is 0 Å². The van der Waals surface area contributed by atoms with Gasteiger partial charge in [0.15, 0.2) is 0 Å². The molecule has 2 unspecified atom stereocenters. The van der Waals surface area contributed by atoms with Crippen LogP contribution in [0.1, 0.15) is 56.4 Å². The average Bonchev–Trinajstić information content (AvgIpc) is 2.41. The molecule has 0 aliphatic heterocycles. The summed E-state index contributed by atoms with van der Waals surface area (Å²) in [6, 6.07) is 7.76. The van der Waals surface area contributed by atoms with E-state index in [2.05, 4.69) is 0 Å². The fourth-order valence-corrected chi connectivity index (χ4v) is 3.66. The minimum Gasteiger partial charge on any atom is -0.392 e. The highest BCUT2D eigenvalue weighted by Gasteiger charge is 2.29. The van der Waals surface area contributed by atoms with Crippen molar-refractivity contribution in [3.05, 3.63) is 34.9 Å². The SMILES string of the molecule is NCC(c1ccccc1Cl)C(O)C1CCCCCCC1. The lowest BCUT2D eigenvalue weighted by Gasteiger charge is -2.31. The molecule has 1 aromatic rings. The van der Waals surface area contributed by atoms with Crippen molar-refractivity contribution in [2.45, 2.75) is 57.0 Å². The van der Waals surface area contributed by atoms with Crippen LogP contribution in [0.25, 0.3) is 0 Å². The van der Waals surface area contributed by atoms with Gasteiger partial charge in [0, 0.05) is 17.5 Å². The molecule has 0 spiro atoms. The van der Waals surface area contributed by atoms with Gasteiger partial charge in [0.1, 0.15) is 0 Å². The molecule has 0 amide bonds. The molecule has 20 heavy (non-hydrogen) atoms. The van der Waals surface area contributed by atoms with Crippen molar-refractivity contribution in [3.63, 3.8) is 0 Å². The molecule has 0 aromatic heterocycles. The number of aliphatic hydroxyl groups excluding tert-OH is 1. The zero-order chi connectivity index (χ0) is 14.4. The van der Waals surface area contributed by atoms with E-state index in [1.165, 1.54) is 32.1 Å². The van der Waals surface area contributed by atoms with E-state index in [1.54, 1.807) is 0 Å². The second-order valence-electron chi connectivity index (χ2n) is 5.96. The van der Waals surface area contributed by atoms with Gasteiger partial charge in [0.2, 0.25) is 0 Å². The van der Waals surface area contributed by atoms with E-state index in [0.29, 0.717) is 17.5 Å². The van der Waals surface area contributed by atoms with Crippen LogP contribution >= 0.6 is 11.6 Å². The lowest BCUT2D eigenvalue weighted by Crippen LogP contribution is -2.33. The number of aliphatic hydroxyl groups is 1. The standard InChI is InChI=1S/C17H26ClNO/c18-16-11-7-6-10-14(16)15(12-19)17(20)13-8-4-2-1-3-5-9-13/h6-7,10-11,13,15,17,20H,1-5,8-9,12,19H2. The predicted octanol–water partition coefficient (Wildman–Crippen LogP) is 4.10. The molecule has 0 heterocycles. The normalized spacial score (nSPS) is 20.9. The molecule has 1 aliphatic rings. The topological polar surface area (TPSA) is 46.2 Å². The molecule has 2 nitrogen and oxygen atoms in total. The van der Waals surface area contributed by atoms with Crippen LogP contribution < -0.4 is 5.73 Å². The summed E-state index contributed by atoms with van der Waals surface area (Å²) in [4.78, 5) is 0. The Morgan fingerprint density at radius 3 is 2.30 bits per heavy atom. The Labute approximate surface area is 127 Å². The fourth-order valence-electron chi connectivity index (χ4n) is 3.38. The maximum absolute atomic E-state index is 10.8. The quantitative estimate of drug-likeness (QED) is 0.878. The summed E-state index contributed by atoms with van der Waals surface area (Å²) in [6.07, 6.45) is 8.23. The van der Waals surface area contributed by atoms with E-state index in [-0.39, 0.29) is 12.0 Å². The number of benzene rings is 1. The highest BCUT2D eigenvalue weighted by atomic mass is 35.5. The van der Waals surface area contributed by atoms with Crippen molar-refractivity contribution < 1.29 is 5.11 Å². The third-order valence-electron chi connectivity index (χ3n) is 4.60. The van der Waals surface area contributed by atoms with Gasteiger partial charge in [-0.05, 0) is 30.4 Å². The molecule has 112 valence electrons. The summed E-state index contributed by atoms with van der Waals surface area (Å²) in [5.74, 6) is 0.313. The summed E-state index contributed by atoms with van der Waals surface area (Å²) in [5.41, 5.74) is 6.92. The fraction of sp³-hybridized carbons (Fsp3) is 0.647. The van der Waals surface area contributed by atoms with Gasteiger partial charge >= 0.3 is 0 Å². The monoisotopic (exact) mass is 295 g/mol. The smallest absolute Gasteiger partial charge is 0.0649 e. The van der Waals surface area contributed by atoms with Gasteiger partial charge < -0.3 is 10.8 Å². The highest BCUT2D eigenvalue weighted by molar-refractivity contribution is 6.31. The van der Waals surface area contributed by atoms with Crippen molar-refractivity contribution in [2.75, 3.05) is 6.54 Å². The molecule has 3 N–H and O–H groups in total. The van der Waals surface area contributed by atoms with Crippen LogP contribution in [0.3, 0.4) is 0 Å². The predicted molar refractivity (Wildman–Crippen MR) is 85.1 cm³/mol. The van der Waals surface area contributed by atoms with Crippen LogP contribution in [0.15, 0.2) is 24.3 Å². The molecule has 1 aromatic carbocycles. The largest absolute Gasteiger partial charge is 0.392 e. The number of nitrogens with two attached hydrogens (primary N) is 1. The summed E-state index contributed by atoms with van der Waals surface area (Å²) in [7, 11) is 0. The Kier molecular flexibility index (Phi) is 6.34. The maximum atomic E-state index is 10.8. The summed E-state index contributed by atoms with van der Waals surface area (Å²) in [6.45, 7) is 0.446. The molecule has 3 heteroatoms. The van der Waals surface area contributed by atoms with Crippen molar-refractivity contribution in [3.8, 4) is 0 Å². The van der Waals surface area contributed by atoms with E-state index >= 15 is 0 Å². The van der Waals surface area contributed by atoms with Gasteiger partial charge in [-0.25, -0.2) is 0 Å². The van der Waals surface area contributed by atoms with Crippen LogP contribution in [0, 0.1) is 5.92 Å². The van der Waals surface area contributed by atoms with Crippen molar-refractivity contribution in [1.82, 2.24) is 0 Å². The molecule has 0 saturated heterocycles. The zero-order valence-corrected chi connectivity index (χ0v) is 12.9. The molecular formula is C17H26ClNO. The zero-order valence-electron chi connectivity index (χ0n) is 12.1.